The highest BCUT2D eigenvalue weighted by Crippen LogP contribution is 2.34. The molecule has 0 aliphatic rings. The number of halogens is 3. The molecule has 0 heterocycles. The Balaban J connectivity index is 1.67. The average Bonchev–Trinajstić information content (AvgIpc) is 3.05. The van der Waals surface area contributed by atoms with Crippen molar-refractivity contribution in [3.05, 3.63) is 91.0 Å². The van der Waals surface area contributed by atoms with E-state index in [9.17, 15) is 22.8 Å². The zero-order valence-corrected chi connectivity index (χ0v) is 26.7. The Hall–Kier alpha value is -4.07. The molecule has 248 valence electrons. The van der Waals surface area contributed by atoms with Gasteiger partial charge in [-0.1, -0.05) is 106 Å². The van der Waals surface area contributed by atoms with E-state index in [1.54, 1.807) is 12.1 Å². The van der Waals surface area contributed by atoms with Gasteiger partial charge in [0.15, 0.2) is 0 Å². The first-order valence-electron chi connectivity index (χ1n) is 16.3. The van der Waals surface area contributed by atoms with Crippen molar-refractivity contribution in [1.29, 1.82) is 0 Å². The van der Waals surface area contributed by atoms with E-state index in [1.807, 2.05) is 60.7 Å². The number of unbranched alkanes of at least 4 members (excludes halogenated alkanes) is 9. The average molecular weight is 639 g/mol. The van der Waals surface area contributed by atoms with Crippen LogP contribution < -0.4 is 4.74 Å². The van der Waals surface area contributed by atoms with E-state index in [4.69, 9.17) is 9.47 Å². The maximum atomic E-state index is 13.5. The van der Waals surface area contributed by atoms with Gasteiger partial charge in [0, 0.05) is 0 Å². The zero-order chi connectivity index (χ0) is 33.2. The lowest BCUT2D eigenvalue weighted by atomic mass is 9.93. The van der Waals surface area contributed by atoms with Gasteiger partial charge in [-0.25, -0.2) is 9.59 Å². The SMILES string of the molecule is C=CCCCCCCOc1ccc(-c2ccc(C(=O)OC(=O)OC(CCCCCCCC)C(F)(F)F)cc2-c2ccccc2)cc1. The summed E-state index contributed by atoms with van der Waals surface area (Å²) in [5, 5.41) is 0. The van der Waals surface area contributed by atoms with Crippen LogP contribution >= 0.6 is 0 Å². The molecule has 0 saturated heterocycles. The Morgan fingerprint density at radius 3 is 2.13 bits per heavy atom. The topological polar surface area (TPSA) is 61.8 Å². The summed E-state index contributed by atoms with van der Waals surface area (Å²) in [6.45, 7) is 6.43. The number of hydrogen-bond acceptors (Lipinski definition) is 5. The Labute approximate surface area is 270 Å². The molecule has 8 heteroatoms. The Bertz CT molecular complexity index is 1350. The van der Waals surface area contributed by atoms with Crippen molar-refractivity contribution in [2.24, 2.45) is 0 Å². The van der Waals surface area contributed by atoms with Crippen LogP contribution in [-0.4, -0.2) is 31.0 Å². The summed E-state index contributed by atoms with van der Waals surface area (Å²) in [5.74, 6) is -0.342. The number of hydrogen-bond donors (Lipinski definition) is 0. The van der Waals surface area contributed by atoms with Gasteiger partial charge in [0.2, 0.25) is 6.10 Å². The van der Waals surface area contributed by atoms with Gasteiger partial charge in [-0.05, 0) is 78.6 Å². The number of ether oxygens (including phenoxy) is 3. The molecule has 0 aliphatic heterocycles. The number of benzene rings is 3. The number of alkyl halides is 3. The summed E-state index contributed by atoms with van der Waals surface area (Å²) < 4.78 is 55.8. The second-order valence-corrected chi connectivity index (χ2v) is 11.3. The standard InChI is InChI=1S/C38H45F3O5/c1-3-5-7-9-11-16-20-35(38(39,40)41)45-37(43)46-36(42)31-23-26-33(34(28-31)29-18-14-13-15-19-29)30-21-24-32(25-22-30)44-27-17-12-10-8-6-4-2/h4,13-15,18-19,21-26,28,35H,2-3,5-12,16-17,20,27H2,1H3. The molecule has 0 spiro atoms. The number of allylic oxidation sites excluding steroid dienone is 1. The molecule has 3 aromatic carbocycles. The second kappa shape index (κ2) is 19.4. The first-order chi connectivity index (χ1) is 22.2. The van der Waals surface area contributed by atoms with E-state index >= 15 is 0 Å². The van der Waals surface area contributed by atoms with Gasteiger partial charge in [0.1, 0.15) is 5.75 Å². The lowest BCUT2D eigenvalue weighted by Gasteiger charge is -2.20. The summed E-state index contributed by atoms with van der Waals surface area (Å²) in [4.78, 5) is 25.2. The van der Waals surface area contributed by atoms with Crippen molar-refractivity contribution in [3.63, 3.8) is 0 Å². The summed E-state index contributed by atoms with van der Waals surface area (Å²) in [6.07, 6.45) is 2.84. The van der Waals surface area contributed by atoms with Crippen molar-refractivity contribution < 1.29 is 37.0 Å². The molecule has 3 aromatic rings. The molecule has 0 N–H and O–H groups in total. The van der Waals surface area contributed by atoms with E-state index in [2.05, 4.69) is 18.2 Å². The monoisotopic (exact) mass is 638 g/mol. The highest BCUT2D eigenvalue weighted by Gasteiger charge is 2.43. The predicted octanol–water partition coefficient (Wildman–Crippen LogP) is 11.5. The van der Waals surface area contributed by atoms with Crippen molar-refractivity contribution in [2.45, 2.75) is 96.3 Å². The zero-order valence-electron chi connectivity index (χ0n) is 26.7. The van der Waals surface area contributed by atoms with Gasteiger partial charge < -0.3 is 14.2 Å². The first-order valence-corrected chi connectivity index (χ1v) is 16.3. The van der Waals surface area contributed by atoms with Crippen molar-refractivity contribution in [1.82, 2.24) is 0 Å². The number of esters is 1. The molecule has 5 nitrogen and oxygen atoms in total. The fraction of sp³-hybridized carbons (Fsp3) is 0.421. The number of carbonyl (C=O) groups excluding carboxylic acids is 2. The van der Waals surface area contributed by atoms with E-state index in [0.29, 0.717) is 18.6 Å². The molecule has 1 unspecified atom stereocenters. The molecule has 1 atom stereocenters. The third-order valence-corrected chi connectivity index (χ3v) is 7.68. The minimum Gasteiger partial charge on any atom is -0.494 e. The quantitative estimate of drug-likeness (QED) is 0.0566. The molecule has 46 heavy (non-hydrogen) atoms. The molecule has 0 radical (unpaired) electrons. The molecule has 0 bridgehead atoms. The van der Waals surface area contributed by atoms with E-state index in [0.717, 1.165) is 80.2 Å². The Morgan fingerprint density at radius 2 is 1.43 bits per heavy atom. The third kappa shape index (κ3) is 12.4. The lowest BCUT2D eigenvalue weighted by Crippen LogP contribution is -2.34. The van der Waals surface area contributed by atoms with Crippen molar-refractivity contribution >= 4 is 12.1 Å². The van der Waals surface area contributed by atoms with Crippen LogP contribution in [-0.2, 0) is 9.47 Å². The highest BCUT2D eigenvalue weighted by molar-refractivity contribution is 5.98. The van der Waals surface area contributed by atoms with Gasteiger partial charge in [-0.3, -0.25) is 0 Å². The van der Waals surface area contributed by atoms with Crippen LogP contribution in [0.5, 0.6) is 5.75 Å². The number of carbonyl (C=O) groups is 2. The third-order valence-electron chi connectivity index (χ3n) is 7.68. The minimum absolute atomic E-state index is 0.00656. The fourth-order valence-electron chi connectivity index (χ4n) is 5.12. The Kier molecular flexibility index (Phi) is 15.4. The molecular formula is C38H45F3O5. The normalized spacial score (nSPS) is 11.9. The van der Waals surface area contributed by atoms with Crippen LogP contribution in [0.4, 0.5) is 18.0 Å². The first kappa shape index (κ1) is 36.4. The van der Waals surface area contributed by atoms with Crippen LogP contribution in [0.2, 0.25) is 0 Å². The smallest absolute Gasteiger partial charge is 0.494 e. The van der Waals surface area contributed by atoms with Gasteiger partial charge in [0.25, 0.3) is 0 Å². The van der Waals surface area contributed by atoms with Crippen LogP contribution in [0.25, 0.3) is 22.3 Å². The van der Waals surface area contributed by atoms with E-state index < -0.39 is 24.4 Å². The van der Waals surface area contributed by atoms with Gasteiger partial charge in [-0.2, -0.15) is 13.2 Å². The summed E-state index contributed by atoms with van der Waals surface area (Å²) >= 11 is 0. The van der Waals surface area contributed by atoms with Gasteiger partial charge in [-0.15, -0.1) is 6.58 Å². The predicted molar refractivity (Wildman–Crippen MR) is 176 cm³/mol. The molecule has 0 amide bonds. The van der Waals surface area contributed by atoms with Crippen LogP contribution in [0.1, 0.15) is 94.3 Å². The van der Waals surface area contributed by atoms with Crippen molar-refractivity contribution in [2.75, 3.05) is 6.61 Å². The summed E-state index contributed by atoms with van der Waals surface area (Å²) in [6, 6.07) is 21.7. The van der Waals surface area contributed by atoms with Crippen LogP contribution in [0.15, 0.2) is 85.5 Å². The molecule has 0 aliphatic carbocycles. The highest BCUT2D eigenvalue weighted by atomic mass is 19.4. The molecule has 0 fully saturated rings. The molecule has 0 aromatic heterocycles. The van der Waals surface area contributed by atoms with Gasteiger partial charge in [0.05, 0.1) is 12.2 Å². The number of rotatable bonds is 19. The largest absolute Gasteiger partial charge is 0.517 e. The molecule has 0 saturated carbocycles. The maximum Gasteiger partial charge on any atom is 0.517 e. The molecular weight excluding hydrogens is 593 g/mol. The summed E-state index contributed by atoms with van der Waals surface area (Å²) in [7, 11) is 0. The van der Waals surface area contributed by atoms with Gasteiger partial charge >= 0.3 is 18.3 Å². The summed E-state index contributed by atoms with van der Waals surface area (Å²) in [5.41, 5.74) is 3.19. The minimum atomic E-state index is -4.76. The molecule has 3 rings (SSSR count). The lowest BCUT2D eigenvalue weighted by molar-refractivity contribution is -0.209. The van der Waals surface area contributed by atoms with Crippen LogP contribution in [0, 0.1) is 0 Å². The fourth-order valence-corrected chi connectivity index (χ4v) is 5.12. The maximum absolute atomic E-state index is 13.5. The van der Waals surface area contributed by atoms with E-state index in [-0.39, 0.29) is 18.4 Å². The van der Waals surface area contributed by atoms with Crippen LogP contribution in [0.3, 0.4) is 0 Å². The van der Waals surface area contributed by atoms with E-state index in [1.165, 1.54) is 6.07 Å². The van der Waals surface area contributed by atoms with Crippen molar-refractivity contribution in [3.8, 4) is 28.0 Å². The Morgan fingerprint density at radius 1 is 0.783 bits per heavy atom. The second-order valence-electron chi connectivity index (χ2n) is 11.3.